The molecule has 0 amide bonds. The molecule has 5 heteroatoms. The number of aromatic nitrogens is 2. The van der Waals surface area contributed by atoms with Crippen LogP contribution in [0.25, 0.3) is 10.9 Å². The summed E-state index contributed by atoms with van der Waals surface area (Å²) >= 11 is 0. The van der Waals surface area contributed by atoms with E-state index in [9.17, 15) is 0 Å². The smallest absolute Gasteiger partial charge is 0.105 e. The van der Waals surface area contributed by atoms with Crippen molar-refractivity contribution in [3.8, 4) is 0 Å². The van der Waals surface area contributed by atoms with E-state index in [1.165, 1.54) is 17.4 Å². The van der Waals surface area contributed by atoms with Gasteiger partial charge in [0.05, 0.1) is 11.4 Å². The topological polar surface area (TPSA) is 79.1 Å². The van der Waals surface area contributed by atoms with Crippen molar-refractivity contribution in [3.63, 3.8) is 0 Å². The molecule has 0 aliphatic heterocycles. The van der Waals surface area contributed by atoms with Gasteiger partial charge in [-0.3, -0.25) is 4.98 Å². The summed E-state index contributed by atoms with van der Waals surface area (Å²) in [5, 5.41) is 4.77. The standard InChI is InChI=1S/C24H25N5/c1-3-21(19-8-5-12-26-15-19)29-23(16(2)25)24(18-6-4-7-18)28-20-10-9-17-11-13-27-22(17)14-20/h3,5,8-15,27-28H,1,4,6-7,25H2,2H3/b23-16+,29-21?. The van der Waals surface area contributed by atoms with Crippen molar-refractivity contribution in [2.45, 2.75) is 26.2 Å². The molecule has 1 aliphatic carbocycles. The van der Waals surface area contributed by atoms with Crippen LogP contribution in [0.2, 0.25) is 0 Å². The normalized spacial score (nSPS) is 14.9. The maximum Gasteiger partial charge on any atom is 0.105 e. The zero-order valence-electron chi connectivity index (χ0n) is 16.6. The van der Waals surface area contributed by atoms with Gasteiger partial charge in [-0.05, 0) is 73.6 Å². The molecule has 2 heterocycles. The number of allylic oxidation sites excluding steroid dienone is 3. The molecule has 3 aromatic rings. The van der Waals surface area contributed by atoms with Crippen LogP contribution in [0.15, 0.2) is 95.3 Å². The third-order valence-electron chi connectivity index (χ3n) is 5.13. The largest absolute Gasteiger partial charge is 0.400 e. The first-order chi connectivity index (χ1) is 14.2. The van der Waals surface area contributed by atoms with E-state index in [1.54, 1.807) is 18.5 Å². The van der Waals surface area contributed by atoms with Crippen LogP contribution in [0.5, 0.6) is 0 Å². The molecule has 0 radical (unpaired) electrons. The van der Waals surface area contributed by atoms with Crippen molar-refractivity contribution < 1.29 is 0 Å². The Hall–Kier alpha value is -3.60. The van der Waals surface area contributed by atoms with Gasteiger partial charge in [-0.1, -0.05) is 12.6 Å². The second kappa shape index (κ2) is 8.19. The lowest BCUT2D eigenvalue weighted by Crippen LogP contribution is -2.15. The minimum atomic E-state index is 0.663. The highest BCUT2D eigenvalue weighted by atomic mass is 15.0. The van der Waals surface area contributed by atoms with Crippen molar-refractivity contribution in [2.24, 2.45) is 10.7 Å². The highest BCUT2D eigenvalue weighted by molar-refractivity contribution is 6.08. The molecule has 0 saturated heterocycles. The summed E-state index contributed by atoms with van der Waals surface area (Å²) in [7, 11) is 0. The lowest BCUT2D eigenvalue weighted by Gasteiger charge is -2.24. The van der Waals surface area contributed by atoms with Crippen LogP contribution in [0, 0.1) is 0 Å². The first-order valence-electron chi connectivity index (χ1n) is 9.80. The zero-order chi connectivity index (χ0) is 20.2. The molecular formula is C24H25N5. The van der Waals surface area contributed by atoms with E-state index in [1.807, 2.05) is 25.3 Å². The number of hydrogen-bond acceptors (Lipinski definition) is 4. The number of H-pyrrole nitrogens is 1. The average molecular weight is 383 g/mol. The van der Waals surface area contributed by atoms with E-state index in [4.69, 9.17) is 10.7 Å². The number of aromatic amines is 1. The fourth-order valence-electron chi connectivity index (χ4n) is 3.39. The van der Waals surface area contributed by atoms with Crippen LogP contribution < -0.4 is 11.1 Å². The second-order valence-corrected chi connectivity index (χ2v) is 7.21. The monoisotopic (exact) mass is 383 g/mol. The number of hydrogen-bond donors (Lipinski definition) is 3. The van der Waals surface area contributed by atoms with Crippen molar-refractivity contribution in [3.05, 3.63) is 95.9 Å². The first kappa shape index (κ1) is 18.7. The molecule has 1 aliphatic rings. The van der Waals surface area contributed by atoms with Gasteiger partial charge >= 0.3 is 0 Å². The predicted molar refractivity (Wildman–Crippen MR) is 121 cm³/mol. The van der Waals surface area contributed by atoms with Crippen LogP contribution in [-0.4, -0.2) is 15.7 Å². The summed E-state index contributed by atoms with van der Waals surface area (Å²) in [4.78, 5) is 12.4. The Morgan fingerprint density at radius 1 is 1.28 bits per heavy atom. The maximum atomic E-state index is 6.31. The number of benzene rings is 1. The van der Waals surface area contributed by atoms with Crippen LogP contribution in [0.4, 0.5) is 5.69 Å². The molecule has 4 N–H and O–H groups in total. The van der Waals surface area contributed by atoms with Crippen molar-refractivity contribution in [2.75, 3.05) is 5.32 Å². The molecule has 0 unspecified atom stereocenters. The quantitative estimate of drug-likeness (QED) is 0.507. The van der Waals surface area contributed by atoms with Crippen molar-refractivity contribution in [1.29, 1.82) is 0 Å². The van der Waals surface area contributed by atoms with E-state index in [-0.39, 0.29) is 0 Å². The molecule has 1 saturated carbocycles. The molecule has 146 valence electrons. The Balaban J connectivity index is 1.75. The summed E-state index contributed by atoms with van der Waals surface area (Å²) in [5.41, 5.74) is 13.8. The maximum absolute atomic E-state index is 6.31. The second-order valence-electron chi connectivity index (χ2n) is 7.21. The number of fused-ring (bicyclic) bond motifs is 1. The van der Waals surface area contributed by atoms with Crippen molar-refractivity contribution in [1.82, 2.24) is 9.97 Å². The van der Waals surface area contributed by atoms with Crippen LogP contribution in [0.1, 0.15) is 31.7 Å². The van der Waals surface area contributed by atoms with Crippen LogP contribution >= 0.6 is 0 Å². The van der Waals surface area contributed by atoms with E-state index in [0.717, 1.165) is 46.7 Å². The Bertz CT molecular complexity index is 1120. The molecule has 2 aromatic heterocycles. The van der Waals surface area contributed by atoms with E-state index in [2.05, 4.69) is 46.1 Å². The number of nitrogens with two attached hydrogens (primary N) is 1. The molecule has 0 spiro atoms. The summed E-state index contributed by atoms with van der Waals surface area (Å²) in [6, 6.07) is 12.2. The van der Waals surface area contributed by atoms with Crippen LogP contribution in [0.3, 0.4) is 0 Å². The number of nitrogens with zero attached hydrogens (tertiary/aromatic N) is 2. The average Bonchev–Trinajstić information content (AvgIpc) is 3.15. The van der Waals surface area contributed by atoms with Gasteiger partial charge in [-0.25, -0.2) is 4.99 Å². The SMILES string of the molecule is C=CC(=N/C(C(Nc1ccc2cc[nH]c2c1)=C1CCC1)=C(\C)N)c1cccnc1. The Morgan fingerprint density at radius 3 is 2.79 bits per heavy atom. The predicted octanol–water partition coefficient (Wildman–Crippen LogP) is 5.28. The number of aliphatic imine (C=N–C) groups is 1. The van der Waals surface area contributed by atoms with Gasteiger partial charge in [-0.2, -0.15) is 0 Å². The van der Waals surface area contributed by atoms with Gasteiger partial charge < -0.3 is 16.0 Å². The number of nitrogens with one attached hydrogen (secondary N) is 2. The highest BCUT2D eigenvalue weighted by Gasteiger charge is 2.20. The molecule has 4 rings (SSSR count). The molecule has 29 heavy (non-hydrogen) atoms. The van der Waals surface area contributed by atoms with Crippen molar-refractivity contribution >= 4 is 22.3 Å². The Labute approximate surface area is 170 Å². The van der Waals surface area contributed by atoms with Gasteiger partial charge in [0.25, 0.3) is 0 Å². The number of anilines is 1. The fraction of sp³-hybridized carbons (Fsp3) is 0.167. The summed E-state index contributed by atoms with van der Waals surface area (Å²) in [5.74, 6) is 0. The lowest BCUT2D eigenvalue weighted by atomic mass is 9.89. The van der Waals surface area contributed by atoms with Crippen LogP contribution in [-0.2, 0) is 0 Å². The van der Waals surface area contributed by atoms with Gasteiger partial charge in [0, 0.05) is 41.1 Å². The number of rotatable bonds is 6. The third kappa shape index (κ3) is 3.99. The Kier molecular flexibility index (Phi) is 5.29. The van der Waals surface area contributed by atoms with E-state index in [0.29, 0.717) is 5.70 Å². The summed E-state index contributed by atoms with van der Waals surface area (Å²) in [6.07, 6.45) is 10.5. The lowest BCUT2D eigenvalue weighted by molar-refractivity contribution is 0.652. The molecule has 5 nitrogen and oxygen atoms in total. The highest BCUT2D eigenvalue weighted by Crippen LogP contribution is 2.34. The van der Waals surface area contributed by atoms with Gasteiger partial charge in [-0.15, -0.1) is 0 Å². The summed E-state index contributed by atoms with van der Waals surface area (Å²) < 4.78 is 0. The zero-order valence-corrected chi connectivity index (χ0v) is 16.6. The Morgan fingerprint density at radius 2 is 2.14 bits per heavy atom. The molecule has 0 bridgehead atoms. The van der Waals surface area contributed by atoms with Gasteiger partial charge in [0.2, 0.25) is 0 Å². The van der Waals surface area contributed by atoms with E-state index < -0.39 is 0 Å². The molecule has 1 aromatic carbocycles. The summed E-state index contributed by atoms with van der Waals surface area (Å²) in [6.45, 7) is 5.82. The number of pyridine rings is 1. The molecule has 1 fully saturated rings. The fourth-order valence-corrected chi connectivity index (χ4v) is 3.39. The molecular weight excluding hydrogens is 358 g/mol. The third-order valence-corrected chi connectivity index (χ3v) is 5.13. The van der Waals surface area contributed by atoms with E-state index >= 15 is 0 Å². The van der Waals surface area contributed by atoms with Gasteiger partial charge in [0.15, 0.2) is 0 Å². The minimum Gasteiger partial charge on any atom is -0.400 e. The first-order valence-corrected chi connectivity index (χ1v) is 9.80. The van der Waals surface area contributed by atoms with Gasteiger partial charge in [0.1, 0.15) is 5.70 Å². The minimum absolute atomic E-state index is 0.663. The molecule has 0 atom stereocenters.